The molecule has 0 aliphatic heterocycles. The number of hydrogen-bond acceptors (Lipinski definition) is 4. The van der Waals surface area contributed by atoms with Crippen molar-refractivity contribution < 1.29 is 19.1 Å². The van der Waals surface area contributed by atoms with Crippen LogP contribution in [-0.4, -0.2) is 18.5 Å². The second-order valence-corrected chi connectivity index (χ2v) is 5.38. The molecule has 0 amide bonds. The highest BCUT2D eigenvalue weighted by atomic mass is 16.6. The average molecular weight is 314 g/mol. The Balaban J connectivity index is 2.36. The van der Waals surface area contributed by atoms with Crippen molar-refractivity contribution in [3.63, 3.8) is 0 Å². The molecule has 0 atom stereocenters. The first kappa shape index (κ1) is 17.0. The highest BCUT2D eigenvalue weighted by molar-refractivity contribution is 6.02. The number of esters is 2. The van der Waals surface area contributed by atoms with E-state index in [9.17, 15) is 9.59 Å². The Morgan fingerprint density at radius 2 is 1.57 bits per heavy atom. The van der Waals surface area contributed by atoms with Gasteiger partial charge in [-0.1, -0.05) is 50.2 Å². The summed E-state index contributed by atoms with van der Waals surface area (Å²) in [5.41, 5.74) is -1.26. The number of carbonyl (C=O) groups is 2. The summed E-state index contributed by atoms with van der Waals surface area (Å²) in [4.78, 5) is 25.0. The lowest BCUT2D eigenvalue weighted by atomic mass is 9.82. The van der Waals surface area contributed by atoms with E-state index in [1.54, 1.807) is 26.8 Å². The van der Waals surface area contributed by atoms with E-state index >= 15 is 0 Å². The maximum absolute atomic E-state index is 12.7. The molecule has 0 aliphatic carbocycles. The van der Waals surface area contributed by atoms with Gasteiger partial charge in [0, 0.05) is 5.39 Å². The molecular formula is C19H22O4. The Kier molecular flexibility index (Phi) is 5.37. The molecule has 0 bridgehead atoms. The molecule has 122 valence electrons. The molecule has 23 heavy (non-hydrogen) atoms. The summed E-state index contributed by atoms with van der Waals surface area (Å²) in [6.45, 7) is 5.56. The van der Waals surface area contributed by atoms with Crippen LogP contribution in [0.25, 0.3) is 10.8 Å². The van der Waals surface area contributed by atoms with Gasteiger partial charge in [0.05, 0.1) is 6.61 Å². The molecule has 0 aromatic heterocycles. The van der Waals surface area contributed by atoms with Crippen LogP contribution in [0.2, 0.25) is 0 Å². The maximum Gasteiger partial charge on any atom is 0.328 e. The number of rotatable bonds is 6. The van der Waals surface area contributed by atoms with Gasteiger partial charge in [-0.15, -0.1) is 0 Å². The van der Waals surface area contributed by atoms with Crippen LogP contribution in [0, 0.1) is 5.41 Å². The van der Waals surface area contributed by atoms with Crippen LogP contribution in [0.5, 0.6) is 5.75 Å². The Bertz CT molecular complexity index is 696. The van der Waals surface area contributed by atoms with Crippen molar-refractivity contribution in [2.75, 3.05) is 6.61 Å². The number of benzene rings is 2. The van der Waals surface area contributed by atoms with Crippen LogP contribution in [0.15, 0.2) is 42.5 Å². The largest absolute Gasteiger partial charge is 0.465 e. The van der Waals surface area contributed by atoms with Crippen molar-refractivity contribution >= 4 is 22.7 Å². The Morgan fingerprint density at radius 3 is 2.22 bits per heavy atom. The van der Waals surface area contributed by atoms with Crippen molar-refractivity contribution in [1.82, 2.24) is 0 Å². The molecule has 0 aliphatic rings. The molecule has 0 fully saturated rings. The summed E-state index contributed by atoms with van der Waals surface area (Å²) >= 11 is 0. The molecule has 0 saturated heterocycles. The third-order valence-corrected chi connectivity index (χ3v) is 4.22. The highest BCUT2D eigenvalue weighted by Crippen LogP contribution is 2.33. The predicted molar refractivity (Wildman–Crippen MR) is 89.2 cm³/mol. The number of hydrogen-bond donors (Lipinski definition) is 0. The highest BCUT2D eigenvalue weighted by Gasteiger charge is 2.46. The molecule has 2 rings (SSSR count). The topological polar surface area (TPSA) is 52.6 Å². The first-order chi connectivity index (χ1) is 11.1. The molecule has 0 heterocycles. The Hall–Kier alpha value is -2.36. The first-order valence-corrected chi connectivity index (χ1v) is 7.96. The van der Waals surface area contributed by atoms with Gasteiger partial charge in [-0.25, -0.2) is 0 Å². The van der Waals surface area contributed by atoms with Gasteiger partial charge < -0.3 is 9.47 Å². The standard InChI is InChI=1S/C19H22O4/c1-4-19(5-2,17(20)22-6-3)18(21)23-16-13-9-11-14-10-7-8-12-15(14)16/h7-13H,4-6H2,1-3H3. The van der Waals surface area contributed by atoms with Crippen LogP contribution in [0.3, 0.4) is 0 Å². The maximum atomic E-state index is 12.7. The van der Waals surface area contributed by atoms with Crippen LogP contribution in [0.1, 0.15) is 33.6 Å². The fourth-order valence-corrected chi connectivity index (χ4v) is 2.66. The molecule has 0 saturated carbocycles. The summed E-state index contributed by atoms with van der Waals surface area (Å²) in [5.74, 6) is -0.615. The molecule has 0 N–H and O–H groups in total. The van der Waals surface area contributed by atoms with Gasteiger partial charge >= 0.3 is 11.9 Å². The molecule has 2 aromatic rings. The van der Waals surface area contributed by atoms with Gasteiger partial charge in [0.25, 0.3) is 0 Å². The van der Waals surface area contributed by atoms with Gasteiger partial charge in [-0.05, 0) is 31.2 Å². The van der Waals surface area contributed by atoms with Crippen LogP contribution < -0.4 is 4.74 Å². The van der Waals surface area contributed by atoms with Crippen LogP contribution in [0.4, 0.5) is 0 Å². The lowest BCUT2D eigenvalue weighted by Crippen LogP contribution is -2.42. The second-order valence-electron chi connectivity index (χ2n) is 5.38. The lowest BCUT2D eigenvalue weighted by molar-refractivity contribution is -0.167. The SMILES string of the molecule is CCOC(=O)C(CC)(CC)C(=O)Oc1cccc2ccccc12. The van der Waals surface area contributed by atoms with Crippen molar-refractivity contribution in [3.05, 3.63) is 42.5 Å². The zero-order valence-corrected chi connectivity index (χ0v) is 13.8. The Labute approximate surface area is 136 Å². The molecule has 0 unspecified atom stereocenters. The summed E-state index contributed by atoms with van der Waals surface area (Å²) in [5, 5.41) is 1.82. The van der Waals surface area contributed by atoms with E-state index in [-0.39, 0.29) is 6.61 Å². The van der Waals surface area contributed by atoms with Crippen molar-refractivity contribution in [1.29, 1.82) is 0 Å². The minimum atomic E-state index is -1.26. The minimum absolute atomic E-state index is 0.238. The van der Waals surface area contributed by atoms with E-state index in [2.05, 4.69) is 0 Å². The second kappa shape index (κ2) is 7.27. The quantitative estimate of drug-likeness (QED) is 0.457. The monoisotopic (exact) mass is 314 g/mol. The van der Waals surface area contributed by atoms with E-state index in [1.165, 1.54) is 0 Å². The average Bonchev–Trinajstić information content (AvgIpc) is 2.57. The number of carbonyl (C=O) groups excluding carboxylic acids is 2. The third-order valence-electron chi connectivity index (χ3n) is 4.22. The predicted octanol–water partition coefficient (Wildman–Crippen LogP) is 4.11. The van der Waals surface area contributed by atoms with Crippen LogP contribution >= 0.6 is 0 Å². The summed E-state index contributed by atoms with van der Waals surface area (Å²) in [6.07, 6.45) is 0.678. The fraction of sp³-hybridized carbons (Fsp3) is 0.368. The molecule has 0 spiro atoms. The van der Waals surface area contributed by atoms with Crippen molar-refractivity contribution in [2.45, 2.75) is 33.6 Å². The summed E-state index contributed by atoms with van der Waals surface area (Å²) in [7, 11) is 0. The minimum Gasteiger partial charge on any atom is -0.465 e. The van der Waals surface area contributed by atoms with E-state index in [4.69, 9.17) is 9.47 Å². The zero-order valence-electron chi connectivity index (χ0n) is 13.8. The normalized spacial score (nSPS) is 11.3. The third kappa shape index (κ3) is 3.21. The van der Waals surface area contributed by atoms with E-state index < -0.39 is 17.4 Å². The fourth-order valence-electron chi connectivity index (χ4n) is 2.66. The van der Waals surface area contributed by atoms with Gasteiger partial charge in [0.2, 0.25) is 0 Å². The molecule has 2 aromatic carbocycles. The molecule has 4 heteroatoms. The van der Waals surface area contributed by atoms with Crippen molar-refractivity contribution in [2.24, 2.45) is 5.41 Å². The molecule has 0 radical (unpaired) electrons. The zero-order chi connectivity index (χ0) is 16.9. The van der Waals surface area contributed by atoms with Gasteiger partial charge in [-0.2, -0.15) is 0 Å². The van der Waals surface area contributed by atoms with Crippen LogP contribution in [-0.2, 0) is 14.3 Å². The van der Waals surface area contributed by atoms with Gasteiger partial charge in [0.1, 0.15) is 5.75 Å². The Morgan fingerprint density at radius 1 is 0.913 bits per heavy atom. The lowest BCUT2D eigenvalue weighted by Gasteiger charge is -2.26. The smallest absolute Gasteiger partial charge is 0.328 e. The first-order valence-electron chi connectivity index (χ1n) is 7.96. The van der Waals surface area contributed by atoms with E-state index in [0.717, 1.165) is 10.8 Å². The van der Waals surface area contributed by atoms with E-state index in [0.29, 0.717) is 18.6 Å². The van der Waals surface area contributed by atoms with Gasteiger partial charge in [0.15, 0.2) is 5.41 Å². The number of fused-ring (bicyclic) bond motifs is 1. The molecular weight excluding hydrogens is 292 g/mol. The van der Waals surface area contributed by atoms with E-state index in [1.807, 2.05) is 36.4 Å². The van der Waals surface area contributed by atoms with Crippen molar-refractivity contribution in [3.8, 4) is 5.75 Å². The van der Waals surface area contributed by atoms with Gasteiger partial charge in [-0.3, -0.25) is 9.59 Å². The number of ether oxygens (including phenoxy) is 2. The molecule has 4 nitrogen and oxygen atoms in total. The summed E-state index contributed by atoms with van der Waals surface area (Å²) in [6, 6.07) is 13.2. The summed E-state index contributed by atoms with van der Waals surface area (Å²) < 4.78 is 10.7.